The van der Waals surface area contributed by atoms with Crippen molar-refractivity contribution in [1.29, 1.82) is 0 Å². The van der Waals surface area contributed by atoms with Crippen LogP contribution in [0.1, 0.15) is 5.56 Å². The Morgan fingerprint density at radius 2 is 1.85 bits per heavy atom. The highest BCUT2D eigenvalue weighted by Gasteiger charge is 2.13. The van der Waals surface area contributed by atoms with Gasteiger partial charge in [-0.05, 0) is 43.3 Å². The van der Waals surface area contributed by atoms with Crippen molar-refractivity contribution in [3.8, 4) is 28.6 Å². The molecule has 0 aliphatic heterocycles. The molecule has 1 heterocycles. The van der Waals surface area contributed by atoms with Crippen LogP contribution in [-0.2, 0) is 0 Å². The molecule has 1 N–H and O–H groups in total. The van der Waals surface area contributed by atoms with E-state index < -0.39 is 0 Å². The number of phenols is 1. The first-order chi connectivity index (χ1) is 9.65. The number of benzene rings is 2. The highest BCUT2D eigenvalue weighted by molar-refractivity contribution is 6.30. The zero-order valence-corrected chi connectivity index (χ0v) is 11.4. The van der Waals surface area contributed by atoms with Gasteiger partial charge in [-0.1, -0.05) is 22.8 Å². The first kappa shape index (κ1) is 12.7. The molecular weight excluding hydrogens is 276 g/mol. The summed E-state index contributed by atoms with van der Waals surface area (Å²) in [7, 11) is 0. The molecule has 0 saturated carbocycles. The number of hydrogen-bond acceptors (Lipinski definition) is 4. The zero-order valence-electron chi connectivity index (χ0n) is 10.7. The van der Waals surface area contributed by atoms with Crippen molar-refractivity contribution in [3.05, 3.63) is 53.1 Å². The minimum atomic E-state index is 0.203. The molecule has 0 spiro atoms. The van der Waals surface area contributed by atoms with Crippen LogP contribution in [0.2, 0.25) is 5.02 Å². The van der Waals surface area contributed by atoms with E-state index in [1.54, 1.807) is 31.2 Å². The maximum Gasteiger partial charge on any atom is 0.258 e. The van der Waals surface area contributed by atoms with Gasteiger partial charge in [-0.15, -0.1) is 0 Å². The number of aromatic hydroxyl groups is 1. The van der Waals surface area contributed by atoms with E-state index in [2.05, 4.69) is 10.1 Å². The van der Waals surface area contributed by atoms with E-state index in [0.29, 0.717) is 22.3 Å². The molecule has 0 bridgehead atoms. The summed E-state index contributed by atoms with van der Waals surface area (Å²) in [5.74, 6) is 1.07. The standard InChI is InChI=1S/C15H11ClN2O2/c1-9-12(3-2-4-13(9)19)15-17-14(18-20-15)10-5-7-11(16)8-6-10/h2-8,19H,1H3. The number of halogens is 1. The summed E-state index contributed by atoms with van der Waals surface area (Å²) in [5.41, 5.74) is 2.25. The fourth-order valence-corrected chi connectivity index (χ4v) is 2.03. The molecule has 0 aliphatic rings. The van der Waals surface area contributed by atoms with Gasteiger partial charge >= 0.3 is 0 Å². The van der Waals surface area contributed by atoms with Crippen LogP contribution in [0, 0.1) is 6.92 Å². The minimum Gasteiger partial charge on any atom is -0.508 e. The molecule has 100 valence electrons. The molecule has 20 heavy (non-hydrogen) atoms. The Hall–Kier alpha value is -2.33. The van der Waals surface area contributed by atoms with Crippen molar-refractivity contribution in [2.75, 3.05) is 0 Å². The Balaban J connectivity index is 2.02. The van der Waals surface area contributed by atoms with Crippen molar-refractivity contribution in [3.63, 3.8) is 0 Å². The highest BCUT2D eigenvalue weighted by atomic mass is 35.5. The fraction of sp³-hybridized carbons (Fsp3) is 0.0667. The highest BCUT2D eigenvalue weighted by Crippen LogP contribution is 2.29. The number of rotatable bonds is 2. The Bertz CT molecular complexity index is 751. The molecule has 1 aromatic heterocycles. The van der Waals surface area contributed by atoms with Crippen LogP contribution in [0.25, 0.3) is 22.8 Å². The Morgan fingerprint density at radius 3 is 2.60 bits per heavy atom. The van der Waals surface area contributed by atoms with Crippen LogP contribution in [0.4, 0.5) is 0 Å². The molecule has 2 aromatic carbocycles. The molecule has 0 fully saturated rings. The Kier molecular flexibility index (Phi) is 3.16. The SMILES string of the molecule is Cc1c(O)cccc1-c1nc(-c2ccc(Cl)cc2)no1. The largest absolute Gasteiger partial charge is 0.508 e. The van der Waals surface area contributed by atoms with Crippen LogP contribution >= 0.6 is 11.6 Å². The van der Waals surface area contributed by atoms with E-state index in [-0.39, 0.29) is 5.75 Å². The summed E-state index contributed by atoms with van der Waals surface area (Å²) in [4.78, 5) is 4.35. The predicted octanol–water partition coefficient (Wildman–Crippen LogP) is 4.07. The van der Waals surface area contributed by atoms with E-state index >= 15 is 0 Å². The number of phenolic OH excluding ortho intramolecular Hbond substituents is 1. The van der Waals surface area contributed by atoms with Crippen molar-refractivity contribution >= 4 is 11.6 Å². The molecule has 0 unspecified atom stereocenters. The lowest BCUT2D eigenvalue weighted by Gasteiger charge is -2.01. The smallest absolute Gasteiger partial charge is 0.258 e. The molecule has 4 nitrogen and oxygen atoms in total. The van der Waals surface area contributed by atoms with Crippen molar-refractivity contribution in [1.82, 2.24) is 10.1 Å². The van der Waals surface area contributed by atoms with Crippen LogP contribution in [0.5, 0.6) is 5.75 Å². The van der Waals surface area contributed by atoms with Gasteiger partial charge < -0.3 is 9.63 Å². The van der Waals surface area contributed by atoms with Gasteiger partial charge in [0.1, 0.15) is 5.75 Å². The number of hydrogen-bond donors (Lipinski definition) is 1. The first-order valence-corrected chi connectivity index (χ1v) is 6.41. The second-order valence-electron chi connectivity index (χ2n) is 4.38. The van der Waals surface area contributed by atoms with Crippen LogP contribution < -0.4 is 0 Å². The third-order valence-electron chi connectivity index (χ3n) is 3.06. The topological polar surface area (TPSA) is 59.2 Å². The van der Waals surface area contributed by atoms with Crippen LogP contribution in [-0.4, -0.2) is 15.2 Å². The minimum absolute atomic E-state index is 0.203. The van der Waals surface area contributed by atoms with E-state index in [1.807, 2.05) is 18.2 Å². The number of aromatic nitrogens is 2. The third kappa shape index (κ3) is 2.26. The van der Waals surface area contributed by atoms with Gasteiger partial charge in [0.2, 0.25) is 5.82 Å². The maximum atomic E-state index is 9.71. The molecule has 3 aromatic rings. The molecule has 0 radical (unpaired) electrons. The van der Waals surface area contributed by atoms with Crippen molar-refractivity contribution in [2.24, 2.45) is 0 Å². The van der Waals surface area contributed by atoms with Gasteiger partial charge in [-0.3, -0.25) is 0 Å². The van der Waals surface area contributed by atoms with Crippen LogP contribution in [0.15, 0.2) is 47.0 Å². The average Bonchev–Trinajstić information content (AvgIpc) is 2.92. The van der Waals surface area contributed by atoms with Gasteiger partial charge in [-0.25, -0.2) is 0 Å². The van der Waals surface area contributed by atoms with Gasteiger partial charge in [0.25, 0.3) is 5.89 Å². The normalized spacial score (nSPS) is 10.7. The molecule has 0 saturated heterocycles. The Morgan fingerprint density at radius 1 is 1.10 bits per heavy atom. The predicted molar refractivity (Wildman–Crippen MR) is 76.6 cm³/mol. The van der Waals surface area contributed by atoms with E-state index in [0.717, 1.165) is 11.1 Å². The first-order valence-electron chi connectivity index (χ1n) is 6.04. The Labute approximate surface area is 120 Å². The van der Waals surface area contributed by atoms with E-state index in [1.165, 1.54) is 0 Å². The maximum absolute atomic E-state index is 9.71. The molecule has 0 atom stereocenters. The monoisotopic (exact) mass is 286 g/mol. The summed E-state index contributed by atoms with van der Waals surface area (Å²) < 4.78 is 5.27. The summed E-state index contributed by atoms with van der Waals surface area (Å²) >= 11 is 5.85. The second kappa shape index (κ2) is 4.98. The lowest BCUT2D eigenvalue weighted by atomic mass is 10.1. The fourth-order valence-electron chi connectivity index (χ4n) is 1.90. The molecule has 0 amide bonds. The zero-order chi connectivity index (χ0) is 14.1. The second-order valence-corrected chi connectivity index (χ2v) is 4.82. The molecule has 3 rings (SSSR count). The van der Waals surface area contributed by atoms with Crippen molar-refractivity contribution < 1.29 is 9.63 Å². The van der Waals surface area contributed by atoms with Gasteiger partial charge in [0.05, 0.1) is 0 Å². The molecule has 0 aliphatic carbocycles. The summed E-state index contributed by atoms with van der Waals surface area (Å²) in [6.07, 6.45) is 0. The lowest BCUT2D eigenvalue weighted by molar-refractivity contribution is 0.431. The molecule has 5 heteroatoms. The van der Waals surface area contributed by atoms with Gasteiger partial charge in [0, 0.05) is 21.7 Å². The third-order valence-corrected chi connectivity index (χ3v) is 3.32. The van der Waals surface area contributed by atoms with E-state index in [4.69, 9.17) is 16.1 Å². The summed E-state index contributed by atoms with van der Waals surface area (Å²) in [6, 6.07) is 12.4. The average molecular weight is 287 g/mol. The quantitative estimate of drug-likeness (QED) is 0.771. The van der Waals surface area contributed by atoms with Crippen LogP contribution in [0.3, 0.4) is 0 Å². The summed E-state index contributed by atoms with van der Waals surface area (Å²) in [5, 5.41) is 14.3. The number of nitrogens with zero attached hydrogens (tertiary/aromatic N) is 2. The summed E-state index contributed by atoms with van der Waals surface area (Å²) in [6.45, 7) is 1.80. The van der Waals surface area contributed by atoms with Crippen molar-refractivity contribution in [2.45, 2.75) is 6.92 Å². The van der Waals surface area contributed by atoms with E-state index in [9.17, 15) is 5.11 Å². The van der Waals surface area contributed by atoms with Gasteiger partial charge in [-0.2, -0.15) is 4.98 Å². The van der Waals surface area contributed by atoms with Gasteiger partial charge in [0.15, 0.2) is 0 Å². The lowest BCUT2D eigenvalue weighted by Crippen LogP contribution is -1.84. The molecular formula is C15H11ClN2O2.